The van der Waals surface area contributed by atoms with Crippen LogP contribution in [0.5, 0.6) is 5.75 Å². The molecule has 124 valence electrons. The first kappa shape index (κ1) is 16.1. The summed E-state index contributed by atoms with van der Waals surface area (Å²) in [6, 6.07) is 13.0. The van der Waals surface area contributed by atoms with Gasteiger partial charge in [-0.25, -0.2) is 0 Å². The molecule has 1 fully saturated rings. The highest BCUT2D eigenvalue weighted by atomic mass is 16.5. The lowest BCUT2D eigenvalue weighted by molar-refractivity contribution is -0.134. The number of ether oxygens (including phenoxy) is 1. The SMILES string of the molecule is Cc1cc(OC2CN(C(=O)/C=C/c3ccccc3)C2)cc(=O)n1C. The van der Waals surface area contributed by atoms with Gasteiger partial charge in [-0.05, 0) is 24.6 Å². The molecular formula is C19H20N2O3. The van der Waals surface area contributed by atoms with E-state index in [1.165, 1.54) is 6.07 Å². The lowest BCUT2D eigenvalue weighted by Crippen LogP contribution is -2.55. The molecule has 0 unspecified atom stereocenters. The van der Waals surface area contributed by atoms with Gasteiger partial charge in [-0.2, -0.15) is 0 Å². The standard InChI is InChI=1S/C19H20N2O3/c1-14-10-16(11-19(23)20(14)2)24-17-12-21(13-17)18(22)9-8-15-6-4-3-5-7-15/h3-11,17H,12-13H2,1-2H3/b9-8+. The van der Waals surface area contributed by atoms with E-state index >= 15 is 0 Å². The Balaban J connectivity index is 1.53. The van der Waals surface area contributed by atoms with Crippen molar-refractivity contribution >= 4 is 12.0 Å². The fraction of sp³-hybridized carbons (Fsp3) is 0.263. The number of rotatable bonds is 4. The molecule has 0 bridgehead atoms. The van der Waals surface area contributed by atoms with Crippen LogP contribution in [0.1, 0.15) is 11.3 Å². The van der Waals surface area contributed by atoms with E-state index < -0.39 is 0 Å². The molecule has 0 radical (unpaired) electrons. The van der Waals surface area contributed by atoms with Crippen molar-refractivity contribution in [2.45, 2.75) is 13.0 Å². The van der Waals surface area contributed by atoms with Crippen molar-refractivity contribution < 1.29 is 9.53 Å². The third kappa shape index (κ3) is 3.56. The van der Waals surface area contributed by atoms with Crippen molar-refractivity contribution in [3.8, 4) is 5.75 Å². The predicted molar refractivity (Wildman–Crippen MR) is 92.9 cm³/mol. The summed E-state index contributed by atoms with van der Waals surface area (Å²) in [6.07, 6.45) is 3.32. The van der Waals surface area contributed by atoms with Gasteiger partial charge in [-0.1, -0.05) is 30.3 Å². The topological polar surface area (TPSA) is 51.5 Å². The molecule has 0 saturated carbocycles. The molecule has 0 aliphatic carbocycles. The fourth-order valence-electron chi connectivity index (χ4n) is 2.53. The maximum atomic E-state index is 12.1. The van der Waals surface area contributed by atoms with Crippen LogP contribution in [0, 0.1) is 6.92 Å². The maximum absolute atomic E-state index is 12.1. The first-order valence-corrected chi connectivity index (χ1v) is 7.89. The Morgan fingerprint density at radius 1 is 1.21 bits per heavy atom. The second-order valence-corrected chi connectivity index (χ2v) is 5.96. The van der Waals surface area contributed by atoms with Crippen LogP contribution in [0.3, 0.4) is 0 Å². The molecule has 1 aromatic heterocycles. The Bertz CT molecular complexity index is 818. The van der Waals surface area contributed by atoms with Crippen molar-refractivity contribution in [1.29, 1.82) is 0 Å². The van der Waals surface area contributed by atoms with Crippen molar-refractivity contribution in [2.24, 2.45) is 7.05 Å². The first-order valence-electron chi connectivity index (χ1n) is 7.89. The van der Waals surface area contributed by atoms with Crippen LogP contribution in [0.4, 0.5) is 0 Å². The van der Waals surface area contributed by atoms with Gasteiger partial charge in [-0.3, -0.25) is 9.59 Å². The zero-order valence-corrected chi connectivity index (χ0v) is 13.8. The molecule has 2 heterocycles. The number of nitrogens with zero attached hydrogens (tertiary/aromatic N) is 2. The minimum absolute atomic E-state index is 0.0288. The zero-order chi connectivity index (χ0) is 17.1. The summed E-state index contributed by atoms with van der Waals surface area (Å²) in [5.74, 6) is 0.534. The van der Waals surface area contributed by atoms with Crippen molar-refractivity contribution in [3.63, 3.8) is 0 Å². The molecule has 1 aliphatic heterocycles. The number of likely N-dealkylation sites (tertiary alicyclic amines) is 1. The summed E-state index contributed by atoms with van der Waals surface area (Å²) in [4.78, 5) is 25.6. The van der Waals surface area contributed by atoms with Gasteiger partial charge in [0.25, 0.3) is 5.56 Å². The average Bonchev–Trinajstić information content (AvgIpc) is 2.54. The summed E-state index contributed by atoms with van der Waals surface area (Å²) in [5.41, 5.74) is 1.74. The predicted octanol–water partition coefficient (Wildman–Crippen LogP) is 2.00. The number of carbonyl (C=O) groups excluding carboxylic acids is 1. The lowest BCUT2D eigenvalue weighted by atomic mass is 10.1. The Labute approximate surface area is 140 Å². The summed E-state index contributed by atoms with van der Waals surface area (Å²) in [7, 11) is 1.73. The minimum Gasteiger partial charge on any atom is -0.486 e. The minimum atomic E-state index is -0.0944. The van der Waals surface area contributed by atoms with Gasteiger partial charge in [0, 0.05) is 24.9 Å². The van der Waals surface area contributed by atoms with E-state index in [4.69, 9.17) is 4.74 Å². The molecule has 1 aromatic carbocycles. The largest absolute Gasteiger partial charge is 0.486 e. The van der Waals surface area contributed by atoms with Gasteiger partial charge in [-0.15, -0.1) is 0 Å². The highest BCUT2D eigenvalue weighted by Gasteiger charge is 2.31. The molecule has 0 N–H and O–H groups in total. The Morgan fingerprint density at radius 2 is 1.92 bits per heavy atom. The average molecular weight is 324 g/mol. The first-order chi connectivity index (χ1) is 11.5. The van der Waals surface area contributed by atoms with E-state index in [1.54, 1.807) is 28.7 Å². The number of pyridine rings is 1. The molecular weight excluding hydrogens is 304 g/mol. The smallest absolute Gasteiger partial charge is 0.254 e. The van der Waals surface area contributed by atoms with E-state index in [1.807, 2.05) is 43.3 Å². The van der Waals surface area contributed by atoms with E-state index in [2.05, 4.69) is 0 Å². The Kier molecular flexibility index (Phi) is 4.51. The second kappa shape index (κ2) is 6.74. The Hall–Kier alpha value is -2.82. The van der Waals surface area contributed by atoms with Gasteiger partial charge < -0.3 is 14.2 Å². The van der Waals surface area contributed by atoms with Crippen molar-refractivity contribution in [1.82, 2.24) is 9.47 Å². The van der Waals surface area contributed by atoms with Crippen molar-refractivity contribution in [2.75, 3.05) is 13.1 Å². The van der Waals surface area contributed by atoms with Crippen LogP contribution < -0.4 is 10.3 Å². The van der Waals surface area contributed by atoms with E-state index in [0.29, 0.717) is 18.8 Å². The molecule has 1 saturated heterocycles. The molecule has 0 atom stereocenters. The highest BCUT2D eigenvalue weighted by molar-refractivity contribution is 5.92. The number of carbonyl (C=O) groups is 1. The molecule has 5 nitrogen and oxygen atoms in total. The molecule has 2 aromatic rings. The molecule has 1 amide bonds. The van der Waals surface area contributed by atoms with Gasteiger partial charge in [0.15, 0.2) is 0 Å². The third-order valence-corrected chi connectivity index (χ3v) is 4.16. The number of amides is 1. The van der Waals surface area contributed by atoms with Gasteiger partial charge in [0.2, 0.25) is 5.91 Å². The van der Waals surface area contributed by atoms with Crippen molar-refractivity contribution in [3.05, 3.63) is 70.2 Å². The van der Waals surface area contributed by atoms with Crippen LogP contribution >= 0.6 is 0 Å². The number of aryl methyl sites for hydroxylation is 1. The van der Waals surface area contributed by atoms with E-state index in [-0.39, 0.29) is 17.6 Å². The van der Waals surface area contributed by atoms with Gasteiger partial charge in [0.05, 0.1) is 13.1 Å². The highest BCUT2D eigenvalue weighted by Crippen LogP contribution is 2.18. The van der Waals surface area contributed by atoms with Crippen LogP contribution in [-0.2, 0) is 11.8 Å². The van der Waals surface area contributed by atoms with Gasteiger partial charge in [0.1, 0.15) is 11.9 Å². The molecule has 1 aliphatic rings. The quantitative estimate of drug-likeness (QED) is 0.808. The third-order valence-electron chi connectivity index (χ3n) is 4.16. The maximum Gasteiger partial charge on any atom is 0.254 e. The molecule has 3 rings (SSSR count). The summed E-state index contributed by atoms with van der Waals surface area (Å²) < 4.78 is 7.35. The second-order valence-electron chi connectivity index (χ2n) is 5.96. The fourth-order valence-corrected chi connectivity index (χ4v) is 2.53. The molecule has 0 spiro atoms. The summed E-state index contributed by atoms with van der Waals surface area (Å²) >= 11 is 0. The molecule has 24 heavy (non-hydrogen) atoms. The summed E-state index contributed by atoms with van der Waals surface area (Å²) in [6.45, 7) is 2.93. The van der Waals surface area contributed by atoms with Crippen LogP contribution in [-0.4, -0.2) is 34.6 Å². The Morgan fingerprint density at radius 3 is 2.58 bits per heavy atom. The van der Waals surface area contributed by atoms with Crippen LogP contribution in [0.2, 0.25) is 0 Å². The van der Waals surface area contributed by atoms with Crippen LogP contribution in [0.15, 0.2) is 53.3 Å². The lowest BCUT2D eigenvalue weighted by Gasteiger charge is -2.38. The number of hydrogen-bond donors (Lipinski definition) is 0. The number of hydrogen-bond acceptors (Lipinski definition) is 3. The summed E-state index contributed by atoms with van der Waals surface area (Å²) in [5, 5.41) is 0. The number of benzene rings is 1. The van der Waals surface area contributed by atoms with E-state index in [0.717, 1.165) is 11.3 Å². The van der Waals surface area contributed by atoms with Crippen LogP contribution in [0.25, 0.3) is 6.08 Å². The zero-order valence-electron chi connectivity index (χ0n) is 13.8. The number of aromatic nitrogens is 1. The molecule has 5 heteroatoms. The normalized spacial score (nSPS) is 14.7. The monoisotopic (exact) mass is 324 g/mol. The van der Waals surface area contributed by atoms with Gasteiger partial charge >= 0.3 is 0 Å². The van der Waals surface area contributed by atoms with E-state index in [9.17, 15) is 9.59 Å².